The van der Waals surface area contributed by atoms with E-state index >= 15 is 8.78 Å². The van der Waals surface area contributed by atoms with Crippen LogP contribution in [-0.4, -0.2) is 58.5 Å². The molecule has 0 bridgehead atoms. The van der Waals surface area contributed by atoms with Gasteiger partial charge in [-0.05, 0) is 25.2 Å². The number of aliphatic hydroxyl groups is 1. The third-order valence-electron chi connectivity index (χ3n) is 3.68. The third kappa shape index (κ3) is 6.62. The van der Waals surface area contributed by atoms with E-state index in [0.29, 0.717) is 0 Å². The lowest BCUT2D eigenvalue weighted by Crippen LogP contribution is -2.46. The SMILES string of the molecule is CC1(F)[C@@H](O)[C@@](F)(COP(=O)(O)OP(=O)(O)OP(=O)(O)O)O[C@H]1n1ccc(=S)[nH]c1=S. The van der Waals surface area contributed by atoms with Crippen molar-refractivity contribution in [2.24, 2.45) is 0 Å². The molecule has 2 rings (SSSR count). The molecule has 0 radical (unpaired) electrons. The molecule has 6 atom stereocenters. The van der Waals surface area contributed by atoms with E-state index in [1.165, 1.54) is 6.07 Å². The number of H-pyrrole nitrogens is 1. The van der Waals surface area contributed by atoms with Gasteiger partial charge in [-0.2, -0.15) is 8.62 Å². The molecule has 1 aromatic heterocycles. The molecule has 178 valence electrons. The van der Waals surface area contributed by atoms with Crippen molar-refractivity contribution in [1.82, 2.24) is 9.55 Å². The van der Waals surface area contributed by atoms with Gasteiger partial charge in [-0.15, -0.1) is 0 Å². The molecule has 0 spiro atoms. The number of halogens is 2. The van der Waals surface area contributed by atoms with Gasteiger partial charge in [0.15, 0.2) is 22.8 Å². The van der Waals surface area contributed by atoms with Crippen molar-refractivity contribution in [2.75, 3.05) is 6.61 Å². The molecule has 31 heavy (non-hydrogen) atoms. The first kappa shape index (κ1) is 27.0. The fourth-order valence-corrected chi connectivity index (χ4v) is 5.97. The normalized spacial score (nSPS) is 33.0. The van der Waals surface area contributed by atoms with Crippen LogP contribution >= 0.6 is 47.9 Å². The van der Waals surface area contributed by atoms with Crippen LogP contribution in [0, 0.1) is 9.41 Å². The van der Waals surface area contributed by atoms with Crippen LogP contribution in [0.5, 0.6) is 0 Å². The smallest absolute Gasteiger partial charge is 0.384 e. The molecule has 0 aromatic carbocycles. The van der Waals surface area contributed by atoms with E-state index in [1.54, 1.807) is 0 Å². The Kier molecular flexibility index (Phi) is 7.67. The molecule has 1 saturated heterocycles. The average Bonchev–Trinajstić information content (AvgIpc) is 2.71. The lowest BCUT2D eigenvalue weighted by molar-refractivity contribution is -0.204. The van der Waals surface area contributed by atoms with E-state index in [9.17, 15) is 23.7 Å². The fraction of sp³-hybridized carbons (Fsp3) is 0.600. The van der Waals surface area contributed by atoms with Gasteiger partial charge in [-0.3, -0.25) is 9.09 Å². The van der Waals surface area contributed by atoms with Crippen LogP contribution in [0.25, 0.3) is 0 Å². The number of aromatic amines is 1. The zero-order chi connectivity index (χ0) is 24.0. The minimum absolute atomic E-state index is 0.152. The molecule has 6 N–H and O–H groups in total. The molecule has 14 nitrogen and oxygen atoms in total. The summed E-state index contributed by atoms with van der Waals surface area (Å²) in [5.41, 5.74) is -2.89. The fourth-order valence-electron chi connectivity index (χ4n) is 2.45. The molecule has 1 aromatic rings. The molecule has 0 aliphatic carbocycles. The summed E-state index contributed by atoms with van der Waals surface area (Å²) in [6, 6.07) is 1.25. The summed E-state index contributed by atoms with van der Waals surface area (Å²) in [4.78, 5) is 37.8. The number of alkyl halides is 2. The van der Waals surface area contributed by atoms with Crippen molar-refractivity contribution in [3.8, 4) is 0 Å². The van der Waals surface area contributed by atoms with Crippen molar-refractivity contribution in [1.29, 1.82) is 0 Å². The maximum absolute atomic E-state index is 15.1. The predicted molar refractivity (Wildman–Crippen MR) is 99.7 cm³/mol. The summed E-state index contributed by atoms with van der Waals surface area (Å²) < 4.78 is 80.4. The van der Waals surface area contributed by atoms with Gasteiger partial charge >= 0.3 is 23.5 Å². The Balaban J connectivity index is 2.22. The van der Waals surface area contributed by atoms with Crippen LogP contribution in [0.1, 0.15) is 13.2 Å². The van der Waals surface area contributed by atoms with Crippen LogP contribution in [0.3, 0.4) is 0 Å². The molecule has 3 unspecified atom stereocenters. The van der Waals surface area contributed by atoms with Gasteiger partial charge < -0.3 is 34.4 Å². The second-order valence-electron chi connectivity index (χ2n) is 6.19. The van der Waals surface area contributed by atoms with Crippen LogP contribution in [0.15, 0.2) is 12.3 Å². The average molecular weight is 550 g/mol. The van der Waals surface area contributed by atoms with Gasteiger partial charge in [0.25, 0.3) is 5.85 Å². The van der Waals surface area contributed by atoms with E-state index in [2.05, 4.69) is 18.1 Å². The van der Waals surface area contributed by atoms with Gasteiger partial charge in [0.1, 0.15) is 11.2 Å². The van der Waals surface area contributed by atoms with Crippen molar-refractivity contribution in [3.05, 3.63) is 21.7 Å². The zero-order valence-corrected chi connectivity index (χ0v) is 19.3. The zero-order valence-electron chi connectivity index (χ0n) is 15.0. The Morgan fingerprint density at radius 3 is 2.29 bits per heavy atom. The van der Waals surface area contributed by atoms with E-state index in [-0.39, 0.29) is 9.41 Å². The highest BCUT2D eigenvalue weighted by atomic mass is 32.1. The Morgan fingerprint density at radius 1 is 1.19 bits per heavy atom. The summed E-state index contributed by atoms with van der Waals surface area (Å²) in [6.07, 6.45) is -3.43. The lowest BCUT2D eigenvalue weighted by atomic mass is 9.97. The number of hydrogen-bond acceptors (Lipinski definition) is 10. The third-order valence-corrected chi connectivity index (χ3v) is 8.01. The second-order valence-corrected chi connectivity index (χ2v) is 11.4. The summed E-state index contributed by atoms with van der Waals surface area (Å²) in [6.45, 7) is -0.998. The van der Waals surface area contributed by atoms with Crippen LogP contribution in [-0.2, 0) is 31.6 Å². The predicted octanol–water partition coefficient (Wildman–Crippen LogP) is 1.90. The van der Waals surface area contributed by atoms with Crippen molar-refractivity contribution < 1.29 is 65.0 Å². The standard InChI is InChI=1S/C10H15F2N2O12P3S2/c1-9(11)6(15)10(12,24-7(9)14-3-2-5(30)13-8(14)31)4-23-28(19,20)26-29(21,22)25-27(16,17)18/h2-3,6-7,15H,4H2,1H3,(H,19,20)(H,21,22)(H,13,30,31)(H2,16,17,18)/t6-,7-,9?,10-/m1/s1. The van der Waals surface area contributed by atoms with E-state index in [0.717, 1.165) is 17.7 Å². The lowest BCUT2D eigenvalue weighted by Gasteiger charge is -2.26. The van der Waals surface area contributed by atoms with Crippen molar-refractivity contribution >= 4 is 47.9 Å². The molecule has 21 heteroatoms. The van der Waals surface area contributed by atoms with Gasteiger partial charge in [0.05, 0.1) is 0 Å². The Morgan fingerprint density at radius 2 is 1.77 bits per heavy atom. The molecule has 0 amide bonds. The van der Waals surface area contributed by atoms with E-state index in [1.807, 2.05) is 0 Å². The monoisotopic (exact) mass is 550 g/mol. The maximum atomic E-state index is 15.1. The minimum atomic E-state index is -5.86. The molecule has 1 fully saturated rings. The van der Waals surface area contributed by atoms with Gasteiger partial charge in [0.2, 0.25) is 0 Å². The molecule has 2 heterocycles. The molecule has 1 aliphatic heterocycles. The minimum Gasteiger partial charge on any atom is -0.384 e. The van der Waals surface area contributed by atoms with Gasteiger partial charge in [-0.1, -0.05) is 12.2 Å². The Bertz CT molecular complexity index is 1110. The maximum Gasteiger partial charge on any atom is 0.490 e. The topological polar surface area (TPSA) is 210 Å². The Labute approximate surface area is 181 Å². The number of aromatic nitrogens is 2. The molecule has 0 saturated carbocycles. The van der Waals surface area contributed by atoms with Gasteiger partial charge in [-0.25, -0.2) is 22.5 Å². The summed E-state index contributed by atoms with van der Waals surface area (Å²) in [7, 11) is -17.3. The van der Waals surface area contributed by atoms with E-state index in [4.69, 9.17) is 43.9 Å². The quantitative estimate of drug-likeness (QED) is 0.202. The number of nitrogens with one attached hydrogen (secondary N) is 1. The van der Waals surface area contributed by atoms with Crippen LogP contribution < -0.4 is 0 Å². The van der Waals surface area contributed by atoms with Crippen molar-refractivity contribution in [3.63, 3.8) is 0 Å². The summed E-state index contributed by atoms with van der Waals surface area (Å²) in [5.74, 6) is -3.51. The summed E-state index contributed by atoms with van der Waals surface area (Å²) >= 11 is 9.77. The van der Waals surface area contributed by atoms with Crippen LogP contribution in [0.2, 0.25) is 0 Å². The van der Waals surface area contributed by atoms with E-state index < -0.39 is 53.9 Å². The number of aliphatic hydroxyl groups excluding tert-OH is 1. The largest absolute Gasteiger partial charge is 0.490 e. The summed E-state index contributed by atoms with van der Waals surface area (Å²) in [5, 5.41) is 10.1. The van der Waals surface area contributed by atoms with Gasteiger partial charge in [0, 0.05) is 6.20 Å². The molecular weight excluding hydrogens is 535 g/mol. The number of phosphoric ester groups is 1. The number of hydrogen-bond donors (Lipinski definition) is 6. The second kappa shape index (κ2) is 8.81. The molecular formula is C10H15F2N2O12P3S2. The number of ether oxygens (including phenoxy) is 1. The highest BCUT2D eigenvalue weighted by molar-refractivity contribution is 7.72. The highest BCUT2D eigenvalue weighted by Crippen LogP contribution is 2.66. The highest BCUT2D eigenvalue weighted by Gasteiger charge is 2.65. The number of phosphoric acid groups is 3. The first-order valence-electron chi connectivity index (χ1n) is 7.62. The Hall–Kier alpha value is -0.290. The van der Waals surface area contributed by atoms with Crippen molar-refractivity contribution in [2.45, 2.75) is 30.8 Å². The number of rotatable bonds is 8. The van der Waals surface area contributed by atoms with Crippen LogP contribution in [0.4, 0.5) is 8.78 Å². The first-order chi connectivity index (χ1) is 13.8. The first-order valence-corrected chi connectivity index (χ1v) is 13.0. The molecule has 1 aliphatic rings. The number of nitrogens with zero attached hydrogens (tertiary/aromatic N) is 1.